The van der Waals surface area contributed by atoms with Crippen molar-refractivity contribution in [1.82, 2.24) is 10.3 Å². The average Bonchev–Trinajstić information content (AvgIpc) is 2.87. The maximum absolute atomic E-state index is 13.4. The quantitative estimate of drug-likeness (QED) is 0.443. The molecule has 0 saturated carbocycles. The predicted octanol–water partition coefficient (Wildman–Crippen LogP) is 3.83. The van der Waals surface area contributed by atoms with Crippen molar-refractivity contribution in [2.24, 2.45) is 5.92 Å². The number of aromatic nitrogens is 1. The van der Waals surface area contributed by atoms with Gasteiger partial charge in [-0.3, -0.25) is 19.9 Å². The van der Waals surface area contributed by atoms with Crippen molar-refractivity contribution in [2.75, 3.05) is 29.4 Å². The van der Waals surface area contributed by atoms with Gasteiger partial charge in [-0.2, -0.15) is 0 Å². The zero-order chi connectivity index (χ0) is 23.7. The Hall–Kier alpha value is -3.65. The Balaban J connectivity index is 1.43. The van der Waals surface area contributed by atoms with Crippen molar-refractivity contribution in [3.63, 3.8) is 0 Å². The van der Waals surface area contributed by atoms with Crippen LogP contribution in [0.2, 0.25) is 5.02 Å². The first-order valence-electron chi connectivity index (χ1n) is 11.2. The van der Waals surface area contributed by atoms with E-state index >= 15 is 0 Å². The van der Waals surface area contributed by atoms with Crippen LogP contribution in [0.25, 0.3) is 0 Å². The van der Waals surface area contributed by atoms with Crippen molar-refractivity contribution in [1.29, 1.82) is 0 Å². The van der Waals surface area contributed by atoms with Gasteiger partial charge >= 0.3 is 0 Å². The van der Waals surface area contributed by atoms with E-state index in [2.05, 4.69) is 20.1 Å². The molecule has 1 saturated heterocycles. The summed E-state index contributed by atoms with van der Waals surface area (Å²) in [6, 6.07) is 18.2. The summed E-state index contributed by atoms with van der Waals surface area (Å²) >= 11 is 6.07. The number of halogens is 1. The lowest BCUT2D eigenvalue weighted by atomic mass is 9.83. The molecule has 1 amide bonds. The molecule has 1 aromatic heterocycles. The minimum absolute atomic E-state index is 0.0460. The van der Waals surface area contributed by atoms with E-state index in [-0.39, 0.29) is 28.5 Å². The van der Waals surface area contributed by atoms with Gasteiger partial charge in [0.25, 0.3) is 5.69 Å². The first-order chi connectivity index (χ1) is 16.5. The molecule has 2 unspecified atom stereocenters. The molecule has 1 N–H and O–H groups in total. The van der Waals surface area contributed by atoms with Gasteiger partial charge in [0.15, 0.2) is 0 Å². The molecule has 3 aromatic rings. The number of piperazine rings is 1. The highest BCUT2D eigenvalue weighted by atomic mass is 35.5. The van der Waals surface area contributed by atoms with Crippen LogP contribution in [-0.4, -0.2) is 41.5 Å². The number of carbonyl (C=O) groups is 1. The Morgan fingerprint density at radius 3 is 2.71 bits per heavy atom. The molecule has 34 heavy (non-hydrogen) atoms. The van der Waals surface area contributed by atoms with Crippen LogP contribution in [0, 0.1) is 16.0 Å². The second kappa shape index (κ2) is 9.30. The van der Waals surface area contributed by atoms with E-state index in [0.29, 0.717) is 31.1 Å². The standard InChI is InChI=1S/C25H24ClN5O3/c26-18-4-6-20(7-5-18)29-11-12-30-23-9-8-21(31(33)34)13-17(23)14-22(24(30)16-29)25(32)28-15-19-3-1-2-10-27-19/h1-10,13,22,24H,11-12,14-16H2,(H,28,32). The van der Waals surface area contributed by atoms with Gasteiger partial charge in [-0.15, -0.1) is 0 Å². The van der Waals surface area contributed by atoms with E-state index in [1.807, 2.05) is 48.5 Å². The first-order valence-corrected chi connectivity index (χ1v) is 11.6. The van der Waals surface area contributed by atoms with Crippen LogP contribution in [0.15, 0.2) is 66.9 Å². The Morgan fingerprint density at radius 1 is 1.15 bits per heavy atom. The van der Waals surface area contributed by atoms with Gasteiger partial charge < -0.3 is 15.1 Å². The number of nitro benzene ring substituents is 1. The van der Waals surface area contributed by atoms with Gasteiger partial charge in [0.1, 0.15) is 0 Å². The lowest BCUT2D eigenvalue weighted by molar-refractivity contribution is -0.384. The number of fused-ring (bicyclic) bond motifs is 3. The van der Waals surface area contributed by atoms with Gasteiger partial charge in [0.2, 0.25) is 5.91 Å². The average molecular weight is 478 g/mol. The molecule has 0 radical (unpaired) electrons. The van der Waals surface area contributed by atoms with E-state index in [4.69, 9.17) is 11.6 Å². The zero-order valence-corrected chi connectivity index (χ0v) is 19.2. The Morgan fingerprint density at radius 2 is 1.97 bits per heavy atom. The van der Waals surface area contributed by atoms with E-state index in [1.54, 1.807) is 18.3 Å². The van der Waals surface area contributed by atoms with Crippen LogP contribution in [0.3, 0.4) is 0 Å². The summed E-state index contributed by atoms with van der Waals surface area (Å²) in [6.45, 7) is 2.49. The third kappa shape index (κ3) is 4.41. The number of non-ortho nitro benzene ring substituents is 1. The van der Waals surface area contributed by atoms with E-state index in [9.17, 15) is 14.9 Å². The number of rotatable bonds is 5. The highest BCUT2D eigenvalue weighted by Gasteiger charge is 2.42. The second-order valence-corrected chi connectivity index (χ2v) is 9.04. The predicted molar refractivity (Wildman–Crippen MR) is 131 cm³/mol. The van der Waals surface area contributed by atoms with Crippen molar-refractivity contribution < 1.29 is 9.72 Å². The van der Waals surface area contributed by atoms with Crippen molar-refractivity contribution in [2.45, 2.75) is 19.0 Å². The number of nitrogens with one attached hydrogen (secondary N) is 1. The van der Waals surface area contributed by atoms with Gasteiger partial charge in [-0.05, 0) is 54.4 Å². The van der Waals surface area contributed by atoms with Crippen molar-refractivity contribution >= 4 is 34.6 Å². The van der Waals surface area contributed by atoms with Gasteiger partial charge in [-0.1, -0.05) is 17.7 Å². The lowest BCUT2D eigenvalue weighted by Gasteiger charge is -2.49. The number of hydrogen-bond acceptors (Lipinski definition) is 6. The SMILES string of the molecule is O=C(NCc1ccccn1)C1Cc2cc([N+](=O)[O-])ccc2N2CCN(c3ccc(Cl)cc3)CC12. The number of amides is 1. The summed E-state index contributed by atoms with van der Waals surface area (Å²) in [7, 11) is 0. The number of benzene rings is 2. The van der Waals surface area contributed by atoms with Gasteiger partial charge in [-0.25, -0.2) is 0 Å². The van der Waals surface area contributed by atoms with Crippen molar-refractivity contribution in [3.05, 3.63) is 93.3 Å². The maximum Gasteiger partial charge on any atom is 0.269 e. The summed E-state index contributed by atoms with van der Waals surface area (Å²) in [5.41, 5.74) is 3.70. The molecule has 2 aliphatic rings. The first kappa shape index (κ1) is 22.2. The van der Waals surface area contributed by atoms with Crippen LogP contribution < -0.4 is 15.1 Å². The molecular formula is C25H24ClN5O3. The van der Waals surface area contributed by atoms with Crippen LogP contribution >= 0.6 is 11.6 Å². The van der Waals surface area contributed by atoms with E-state index < -0.39 is 0 Å². The highest BCUT2D eigenvalue weighted by molar-refractivity contribution is 6.30. The second-order valence-electron chi connectivity index (χ2n) is 8.60. The maximum atomic E-state index is 13.4. The Labute approximate surface area is 202 Å². The fraction of sp³-hybridized carbons (Fsp3) is 0.280. The fourth-order valence-corrected chi connectivity index (χ4v) is 5.05. The Bertz CT molecular complexity index is 1200. The topological polar surface area (TPSA) is 91.6 Å². The zero-order valence-electron chi connectivity index (χ0n) is 18.4. The normalized spacial score (nSPS) is 19.2. The molecule has 0 bridgehead atoms. The molecule has 9 heteroatoms. The molecule has 1 fully saturated rings. The third-order valence-corrected chi connectivity index (χ3v) is 6.86. The minimum atomic E-state index is -0.388. The van der Waals surface area contributed by atoms with Crippen LogP contribution in [-0.2, 0) is 17.8 Å². The molecule has 3 heterocycles. The van der Waals surface area contributed by atoms with Crippen LogP contribution in [0.1, 0.15) is 11.3 Å². The van der Waals surface area contributed by atoms with Crippen molar-refractivity contribution in [3.8, 4) is 0 Å². The smallest absolute Gasteiger partial charge is 0.269 e. The summed E-state index contributed by atoms with van der Waals surface area (Å²) < 4.78 is 0. The summed E-state index contributed by atoms with van der Waals surface area (Å²) in [5, 5.41) is 15.1. The Kier molecular flexibility index (Phi) is 6.06. The summed E-state index contributed by atoms with van der Waals surface area (Å²) in [6.07, 6.45) is 2.14. The molecule has 2 atom stereocenters. The number of pyridine rings is 1. The van der Waals surface area contributed by atoms with Crippen LogP contribution in [0.4, 0.5) is 17.1 Å². The molecule has 2 aliphatic heterocycles. The molecule has 0 aliphatic carbocycles. The number of hydrogen-bond donors (Lipinski definition) is 1. The molecule has 174 valence electrons. The minimum Gasteiger partial charge on any atom is -0.368 e. The number of anilines is 2. The molecule has 2 aromatic carbocycles. The molecule has 0 spiro atoms. The molecular weight excluding hydrogens is 454 g/mol. The number of nitrogens with zero attached hydrogens (tertiary/aromatic N) is 4. The molecule has 8 nitrogen and oxygen atoms in total. The van der Waals surface area contributed by atoms with E-state index in [1.165, 1.54) is 0 Å². The lowest BCUT2D eigenvalue weighted by Crippen LogP contribution is -2.61. The summed E-state index contributed by atoms with van der Waals surface area (Å²) in [4.78, 5) is 33.2. The largest absolute Gasteiger partial charge is 0.368 e. The highest BCUT2D eigenvalue weighted by Crippen LogP contribution is 2.38. The van der Waals surface area contributed by atoms with Crippen LogP contribution in [0.5, 0.6) is 0 Å². The number of nitro groups is 1. The van der Waals surface area contributed by atoms with E-state index in [0.717, 1.165) is 29.2 Å². The third-order valence-electron chi connectivity index (χ3n) is 6.60. The van der Waals surface area contributed by atoms with Gasteiger partial charge in [0, 0.05) is 54.4 Å². The monoisotopic (exact) mass is 477 g/mol. The fourth-order valence-electron chi connectivity index (χ4n) is 4.92. The summed E-state index contributed by atoms with van der Waals surface area (Å²) in [5.74, 6) is -0.427. The van der Waals surface area contributed by atoms with Gasteiger partial charge in [0.05, 0.1) is 29.1 Å². The number of carbonyl (C=O) groups excluding carboxylic acids is 1. The molecule has 5 rings (SSSR count).